The van der Waals surface area contributed by atoms with Crippen LogP contribution in [0.25, 0.3) is 0 Å². The van der Waals surface area contributed by atoms with E-state index in [0.717, 1.165) is 25.7 Å². The molecule has 1 aliphatic heterocycles. The van der Waals surface area contributed by atoms with E-state index >= 15 is 0 Å². The number of hydrogen-bond donors (Lipinski definition) is 2. The molecule has 3 rings (SSSR count). The number of fused-ring (bicyclic) bond motifs is 1. The molecule has 0 radical (unpaired) electrons. The third-order valence-corrected chi connectivity index (χ3v) is 5.78. The number of carbonyl (C=O) groups is 3. The first-order valence-corrected chi connectivity index (χ1v) is 9.58. The Kier molecular flexibility index (Phi) is 6.11. The van der Waals surface area contributed by atoms with E-state index in [9.17, 15) is 14.4 Å². The zero-order chi connectivity index (χ0) is 19.6. The fraction of sp³-hybridized carbons (Fsp3) is 0.500. The maximum atomic E-state index is 13.1. The van der Waals surface area contributed by atoms with Crippen LogP contribution in [-0.4, -0.2) is 48.0 Å². The van der Waals surface area contributed by atoms with Crippen molar-refractivity contribution in [2.75, 3.05) is 12.4 Å². The molecule has 1 aromatic carbocycles. The molecule has 27 heavy (non-hydrogen) atoms. The summed E-state index contributed by atoms with van der Waals surface area (Å²) in [5, 5.41) is 6.41. The molecule has 2 N–H and O–H groups in total. The molecular formula is C18H21Cl2N3O4. The van der Waals surface area contributed by atoms with Gasteiger partial charge in [0.05, 0.1) is 29.6 Å². The van der Waals surface area contributed by atoms with Crippen molar-refractivity contribution >= 4 is 46.8 Å². The summed E-state index contributed by atoms with van der Waals surface area (Å²) in [4.78, 5) is 38.9. The Morgan fingerprint density at radius 2 is 2.00 bits per heavy atom. The summed E-state index contributed by atoms with van der Waals surface area (Å²) in [6.07, 6.45) is 3.32. The summed E-state index contributed by atoms with van der Waals surface area (Å²) in [6, 6.07) is 3.10. The van der Waals surface area contributed by atoms with E-state index in [1.165, 1.54) is 12.0 Å². The van der Waals surface area contributed by atoms with E-state index in [-0.39, 0.29) is 24.4 Å². The molecule has 0 unspecified atom stereocenters. The maximum Gasteiger partial charge on any atom is 0.322 e. The van der Waals surface area contributed by atoms with E-state index in [1.54, 1.807) is 18.2 Å². The number of nitrogens with zero attached hydrogens (tertiary/aromatic N) is 1. The van der Waals surface area contributed by atoms with Crippen molar-refractivity contribution in [2.24, 2.45) is 0 Å². The minimum absolute atomic E-state index is 0.111. The first-order valence-electron chi connectivity index (χ1n) is 8.82. The van der Waals surface area contributed by atoms with Gasteiger partial charge in [-0.1, -0.05) is 36.0 Å². The van der Waals surface area contributed by atoms with Crippen LogP contribution >= 0.6 is 23.2 Å². The molecule has 3 atom stereocenters. The SMILES string of the molecule is COC(=O)C[C@@H]1C(=O)N[C@@H]2CCCC[C@H]2N1C(=O)Nc1ccc(Cl)c(Cl)c1. The molecule has 9 heteroatoms. The van der Waals surface area contributed by atoms with E-state index in [1.807, 2.05) is 0 Å². The van der Waals surface area contributed by atoms with Crippen LogP contribution in [0.4, 0.5) is 10.5 Å². The van der Waals surface area contributed by atoms with Gasteiger partial charge < -0.3 is 20.3 Å². The lowest BCUT2D eigenvalue weighted by Crippen LogP contribution is -2.68. The van der Waals surface area contributed by atoms with Crippen LogP contribution in [0.5, 0.6) is 0 Å². The van der Waals surface area contributed by atoms with Crippen LogP contribution in [0.3, 0.4) is 0 Å². The number of urea groups is 1. The lowest BCUT2D eigenvalue weighted by atomic mass is 9.85. The molecule has 2 aliphatic rings. The number of piperazine rings is 1. The number of nitrogens with one attached hydrogen (secondary N) is 2. The van der Waals surface area contributed by atoms with Crippen molar-refractivity contribution in [1.82, 2.24) is 10.2 Å². The van der Waals surface area contributed by atoms with Gasteiger partial charge in [0.1, 0.15) is 6.04 Å². The number of hydrogen-bond acceptors (Lipinski definition) is 4. The third-order valence-electron chi connectivity index (χ3n) is 5.05. The van der Waals surface area contributed by atoms with Gasteiger partial charge in [0.2, 0.25) is 5.91 Å². The molecule has 1 saturated carbocycles. The van der Waals surface area contributed by atoms with Crippen LogP contribution < -0.4 is 10.6 Å². The van der Waals surface area contributed by atoms with Crippen LogP contribution in [0, 0.1) is 0 Å². The monoisotopic (exact) mass is 413 g/mol. The Morgan fingerprint density at radius 3 is 2.70 bits per heavy atom. The van der Waals surface area contributed by atoms with Gasteiger partial charge in [-0.15, -0.1) is 0 Å². The summed E-state index contributed by atoms with van der Waals surface area (Å²) in [6.45, 7) is 0. The summed E-state index contributed by atoms with van der Waals surface area (Å²) in [5.74, 6) is -0.885. The van der Waals surface area contributed by atoms with E-state index < -0.39 is 18.0 Å². The van der Waals surface area contributed by atoms with Gasteiger partial charge in [-0.2, -0.15) is 0 Å². The van der Waals surface area contributed by atoms with Crippen molar-refractivity contribution in [3.8, 4) is 0 Å². The number of carbonyl (C=O) groups excluding carboxylic acids is 3. The Morgan fingerprint density at radius 1 is 1.26 bits per heavy atom. The summed E-state index contributed by atoms with van der Waals surface area (Å²) in [7, 11) is 1.26. The van der Waals surface area contributed by atoms with Gasteiger partial charge in [-0.25, -0.2) is 4.79 Å². The van der Waals surface area contributed by atoms with Crippen molar-refractivity contribution in [2.45, 2.75) is 50.2 Å². The topological polar surface area (TPSA) is 87.7 Å². The Hall–Kier alpha value is -1.99. The molecule has 1 saturated heterocycles. The number of anilines is 1. The molecule has 146 valence electrons. The van der Waals surface area contributed by atoms with Gasteiger partial charge in [0.25, 0.3) is 0 Å². The lowest BCUT2D eigenvalue weighted by Gasteiger charge is -2.47. The number of ether oxygens (including phenoxy) is 1. The van der Waals surface area contributed by atoms with Crippen molar-refractivity contribution < 1.29 is 19.1 Å². The second-order valence-electron chi connectivity index (χ2n) is 6.73. The average Bonchev–Trinajstić information content (AvgIpc) is 2.65. The Labute approximate surface area is 167 Å². The number of esters is 1. The predicted octanol–water partition coefficient (Wildman–Crippen LogP) is 3.20. The molecular weight excluding hydrogens is 393 g/mol. The van der Waals surface area contributed by atoms with Crippen molar-refractivity contribution in [3.63, 3.8) is 0 Å². The van der Waals surface area contributed by atoms with E-state index in [0.29, 0.717) is 15.7 Å². The number of benzene rings is 1. The molecule has 3 amide bonds. The minimum atomic E-state index is -0.917. The number of amides is 3. The van der Waals surface area contributed by atoms with Gasteiger partial charge in [0.15, 0.2) is 0 Å². The molecule has 7 nitrogen and oxygen atoms in total. The summed E-state index contributed by atoms with van der Waals surface area (Å²) < 4.78 is 4.70. The van der Waals surface area contributed by atoms with Crippen molar-refractivity contribution in [1.29, 1.82) is 0 Å². The predicted molar refractivity (Wildman–Crippen MR) is 102 cm³/mol. The summed E-state index contributed by atoms with van der Waals surface area (Å²) >= 11 is 11.9. The fourth-order valence-electron chi connectivity index (χ4n) is 3.74. The molecule has 0 spiro atoms. The second kappa shape index (κ2) is 8.35. The van der Waals surface area contributed by atoms with Crippen LogP contribution in [-0.2, 0) is 14.3 Å². The molecule has 2 fully saturated rings. The number of halogens is 2. The van der Waals surface area contributed by atoms with Crippen molar-refractivity contribution in [3.05, 3.63) is 28.2 Å². The molecule has 1 aliphatic carbocycles. The quantitative estimate of drug-likeness (QED) is 0.744. The highest BCUT2D eigenvalue weighted by atomic mass is 35.5. The maximum absolute atomic E-state index is 13.1. The zero-order valence-corrected chi connectivity index (χ0v) is 16.3. The standard InChI is InChI=1S/C18H21Cl2N3O4/c1-27-16(24)9-15-17(25)22-13-4-2-3-5-14(13)23(15)18(26)21-10-6-7-11(19)12(20)8-10/h6-8,13-15H,2-5,9H2,1H3,(H,21,26)(H,22,25)/t13-,14-,15-/m1/s1. The zero-order valence-electron chi connectivity index (χ0n) is 14.8. The van der Waals surface area contributed by atoms with Gasteiger partial charge in [0, 0.05) is 11.7 Å². The Bertz CT molecular complexity index is 758. The highest BCUT2D eigenvalue weighted by Gasteiger charge is 2.46. The second-order valence-corrected chi connectivity index (χ2v) is 7.54. The first kappa shape index (κ1) is 19.8. The largest absolute Gasteiger partial charge is 0.469 e. The van der Waals surface area contributed by atoms with Gasteiger partial charge in [-0.3, -0.25) is 9.59 Å². The smallest absolute Gasteiger partial charge is 0.322 e. The highest BCUT2D eigenvalue weighted by Crippen LogP contribution is 2.31. The first-order chi connectivity index (χ1) is 12.9. The fourth-order valence-corrected chi connectivity index (χ4v) is 4.03. The highest BCUT2D eigenvalue weighted by molar-refractivity contribution is 6.42. The number of rotatable bonds is 3. The van der Waals surface area contributed by atoms with Crippen LogP contribution in [0.1, 0.15) is 32.1 Å². The van der Waals surface area contributed by atoms with Gasteiger partial charge in [-0.05, 0) is 31.0 Å². The molecule has 1 aromatic rings. The lowest BCUT2D eigenvalue weighted by molar-refractivity contribution is -0.146. The summed E-state index contributed by atoms with van der Waals surface area (Å²) in [5.41, 5.74) is 0.463. The van der Waals surface area contributed by atoms with E-state index in [4.69, 9.17) is 27.9 Å². The average molecular weight is 414 g/mol. The normalized spacial score (nSPS) is 24.6. The number of methoxy groups -OCH3 is 1. The Balaban J connectivity index is 1.86. The molecule has 0 bridgehead atoms. The van der Waals surface area contributed by atoms with Gasteiger partial charge >= 0.3 is 12.0 Å². The molecule has 1 heterocycles. The van der Waals surface area contributed by atoms with Crippen LogP contribution in [0.15, 0.2) is 18.2 Å². The van der Waals surface area contributed by atoms with E-state index in [2.05, 4.69) is 10.6 Å². The third kappa shape index (κ3) is 4.30. The minimum Gasteiger partial charge on any atom is -0.469 e. The molecule has 0 aromatic heterocycles. The van der Waals surface area contributed by atoms with Crippen LogP contribution in [0.2, 0.25) is 10.0 Å².